The maximum atomic E-state index is 3.66. The smallest absolute Gasteiger partial charge is 0.0181 e. The van der Waals surface area contributed by atoms with Gasteiger partial charge in [0.1, 0.15) is 0 Å². The first kappa shape index (κ1) is 17.5. The van der Waals surface area contributed by atoms with Crippen molar-refractivity contribution in [1.82, 2.24) is 0 Å². The van der Waals surface area contributed by atoms with Crippen LogP contribution in [0.25, 0.3) is 32.7 Å². The standard InChI is InChI=1S/C25H20Br2/c1-13-17-7-5-15(26)9-19(17)14(2)21-12-24-22(11-20(13)21)18-8-6-16(27)10-23(18)25(24,3)4/h5-12H,1-4H3. The number of hydrogen-bond acceptors (Lipinski definition) is 0. The lowest BCUT2D eigenvalue weighted by Crippen LogP contribution is -2.15. The number of halogens is 2. The van der Waals surface area contributed by atoms with E-state index in [-0.39, 0.29) is 5.41 Å². The molecule has 1 aliphatic rings. The van der Waals surface area contributed by atoms with Gasteiger partial charge in [-0.15, -0.1) is 0 Å². The van der Waals surface area contributed by atoms with Gasteiger partial charge in [-0.2, -0.15) is 0 Å². The summed E-state index contributed by atoms with van der Waals surface area (Å²) in [5, 5.41) is 5.42. The predicted molar refractivity (Wildman–Crippen MR) is 124 cm³/mol. The monoisotopic (exact) mass is 478 g/mol. The summed E-state index contributed by atoms with van der Waals surface area (Å²) in [6.07, 6.45) is 0. The Kier molecular flexibility index (Phi) is 3.68. The highest BCUT2D eigenvalue weighted by molar-refractivity contribution is 9.10. The van der Waals surface area contributed by atoms with Crippen molar-refractivity contribution < 1.29 is 0 Å². The second-order valence-corrected chi connectivity index (χ2v) is 10.0. The lowest BCUT2D eigenvalue weighted by molar-refractivity contribution is 0.661. The molecule has 0 N–H and O–H groups in total. The van der Waals surface area contributed by atoms with Crippen molar-refractivity contribution in [3.63, 3.8) is 0 Å². The van der Waals surface area contributed by atoms with Crippen LogP contribution in [-0.4, -0.2) is 0 Å². The molecule has 0 heterocycles. The van der Waals surface area contributed by atoms with Gasteiger partial charge < -0.3 is 0 Å². The molecule has 0 saturated heterocycles. The SMILES string of the molecule is Cc1c2ccc(Br)cc2c(C)c2cc3c(cc12)-c1ccc(Br)cc1C3(C)C. The van der Waals surface area contributed by atoms with Gasteiger partial charge in [-0.05, 0) is 105 Å². The van der Waals surface area contributed by atoms with Gasteiger partial charge in [-0.25, -0.2) is 0 Å². The Labute approximate surface area is 176 Å². The largest absolute Gasteiger partial charge is 0.0530 e. The first-order valence-corrected chi connectivity index (χ1v) is 10.8. The number of hydrogen-bond donors (Lipinski definition) is 0. The Morgan fingerprint density at radius 3 is 1.93 bits per heavy atom. The van der Waals surface area contributed by atoms with E-state index >= 15 is 0 Å². The third-order valence-electron chi connectivity index (χ3n) is 6.37. The summed E-state index contributed by atoms with van der Waals surface area (Å²) < 4.78 is 2.28. The molecular weight excluding hydrogens is 460 g/mol. The Morgan fingerprint density at radius 2 is 1.15 bits per heavy atom. The topological polar surface area (TPSA) is 0 Å². The van der Waals surface area contributed by atoms with Gasteiger partial charge in [0.05, 0.1) is 0 Å². The normalized spacial score (nSPS) is 14.6. The molecule has 4 aromatic carbocycles. The first-order valence-electron chi connectivity index (χ1n) is 9.26. The molecule has 0 aliphatic heterocycles. The van der Waals surface area contributed by atoms with Crippen LogP contribution >= 0.6 is 31.9 Å². The summed E-state index contributed by atoms with van der Waals surface area (Å²) in [6.45, 7) is 9.20. The van der Waals surface area contributed by atoms with E-state index in [2.05, 4.69) is 108 Å². The quantitative estimate of drug-likeness (QED) is 0.222. The van der Waals surface area contributed by atoms with Crippen LogP contribution in [0.3, 0.4) is 0 Å². The zero-order valence-electron chi connectivity index (χ0n) is 15.9. The van der Waals surface area contributed by atoms with Gasteiger partial charge >= 0.3 is 0 Å². The molecule has 5 rings (SSSR count). The highest BCUT2D eigenvalue weighted by atomic mass is 79.9. The van der Waals surface area contributed by atoms with Crippen LogP contribution < -0.4 is 0 Å². The van der Waals surface area contributed by atoms with Gasteiger partial charge in [-0.1, -0.05) is 57.8 Å². The van der Waals surface area contributed by atoms with Crippen LogP contribution in [0.2, 0.25) is 0 Å². The molecule has 4 aromatic rings. The van der Waals surface area contributed by atoms with Gasteiger partial charge in [0, 0.05) is 14.4 Å². The molecule has 1 aliphatic carbocycles. The van der Waals surface area contributed by atoms with Crippen LogP contribution in [0.15, 0.2) is 57.5 Å². The van der Waals surface area contributed by atoms with Crippen molar-refractivity contribution in [2.24, 2.45) is 0 Å². The average molecular weight is 480 g/mol. The first-order chi connectivity index (χ1) is 12.8. The fraction of sp³-hybridized carbons (Fsp3) is 0.200. The Hall–Kier alpha value is -1.64. The molecule has 0 spiro atoms. The maximum Gasteiger partial charge on any atom is 0.0181 e. The minimum absolute atomic E-state index is 0.00914. The van der Waals surface area contributed by atoms with E-state index in [4.69, 9.17) is 0 Å². The second-order valence-electron chi connectivity index (χ2n) is 8.20. The molecule has 0 aromatic heterocycles. The molecule has 0 atom stereocenters. The number of rotatable bonds is 0. The molecule has 134 valence electrons. The van der Waals surface area contributed by atoms with Gasteiger partial charge in [-0.3, -0.25) is 0 Å². The Bertz CT molecular complexity index is 1280. The van der Waals surface area contributed by atoms with Crippen molar-refractivity contribution >= 4 is 53.4 Å². The van der Waals surface area contributed by atoms with Crippen molar-refractivity contribution in [1.29, 1.82) is 0 Å². The van der Waals surface area contributed by atoms with Crippen LogP contribution in [0, 0.1) is 13.8 Å². The summed E-state index contributed by atoms with van der Waals surface area (Å²) in [5.41, 5.74) is 8.33. The zero-order valence-corrected chi connectivity index (χ0v) is 19.0. The molecule has 0 radical (unpaired) electrons. The van der Waals surface area contributed by atoms with E-state index in [0.717, 1.165) is 8.95 Å². The van der Waals surface area contributed by atoms with E-state index in [1.54, 1.807) is 0 Å². The van der Waals surface area contributed by atoms with Gasteiger partial charge in [0.15, 0.2) is 0 Å². The Morgan fingerprint density at radius 1 is 0.593 bits per heavy atom. The molecule has 0 fully saturated rings. The average Bonchev–Trinajstić information content (AvgIpc) is 2.85. The number of benzene rings is 4. The van der Waals surface area contributed by atoms with E-state index in [9.17, 15) is 0 Å². The Balaban J connectivity index is 1.95. The highest BCUT2D eigenvalue weighted by Crippen LogP contribution is 2.51. The van der Waals surface area contributed by atoms with Crippen LogP contribution in [-0.2, 0) is 5.41 Å². The summed E-state index contributed by atoms with van der Waals surface area (Å²) in [6, 6.07) is 18.2. The maximum absolute atomic E-state index is 3.66. The fourth-order valence-electron chi connectivity index (χ4n) is 4.82. The van der Waals surface area contributed by atoms with Crippen LogP contribution in [0.5, 0.6) is 0 Å². The minimum atomic E-state index is 0.00914. The van der Waals surface area contributed by atoms with Gasteiger partial charge in [0.25, 0.3) is 0 Å². The molecule has 0 bridgehead atoms. The predicted octanol–water partition coefficient (Wildman–Crippen LogP) is 8.44. The lowest BCUT2D eigenvalue weighted by Gasteiger charge is -2.23. The number of fused-ring (bicyclic) bond motifs is 5. The third kappa shape index (κ3) is 2.33. The van der Waals surface area contributed by atoms with Crippen molar-refractivity contribution in [3.05, 3.63) is 79.7 Å². The molecule has 0 nitrogen and oxygen atoms in total. The molecule has 0 amide bonds. The molecular formula is C25H20Br2. The third-order valence-corrected chi connectivity index (χ3v) is 7.36. The summed E-state index contributed by atoms with van der Waals surface area (Å²) >= 11 is 7.31. The summed E-state index contributed by atoms with van der Waals surface area (Å²) in [5.74, 6) is 0. The minimum Gasteiger partial charge on any atom is -0.0530 e. The molecule has 0 unspecified atom stereocenters. The fourth-order valence-corrected chi connectivity index (χ4v) is 5.54. The molecule has 0 saturated carbocycles. The van der Waals surface area contributed by atoms with E-state index in [1.807, 2.05) is 0 Å². The zero-order chi connectivity index (χ0) is 19.1. The number of aryl methyl sites for hydroxylation is 2. The second kappa shape index (κ2) is 5.68. The molecule has 2 heteroatoms. The highest BCUT2D eigenvalue weighted by Gasteiger charge is 2.36. The van der Waals surface area contributed by atoms with Crippen LogP contribution in [0.1, 0.15) is 36.1 Å². The van der Waals surface area contributed by atoms with E-state index < -0.39 is 0 Å². The summed E-state index contributed by atoms with van der Waals surface area (Å²) in [7, 11) is 0. The van der Waals surface area contributed by atoms with Crippen molar-refractivity contribution in [3.8, 4) is 11.1 Å². The van der Waals surface area contributed by atoms with Crippen LogP contribution in [0.4, 0.5) is 0 Å². The van der Waals surface area contributed by atoms with Crippen molar-refractivity contribution in [2.75, 3.05) is 0 Å². The van der Waals surface area contributed by atoms with E-state index in [1.165, 1.54) is 54.9 Å². The molecule has 27 heavy (non-hydrogen) atoms. The summed E-state index contributed by atoms with van der Waals surface area (Å²) in [4.78, 5) is 0. The lowest BCUT2D eigenvalue weighted by atomic mass is 9.81. The van der Waals surface area contributed by atoms with Crippen molar-refractivity contribution in [2.45, 2.75) is 33.1 Å². The van der Waals surface area contributed by atoms with Gasteiger partial charge in [0.2, 0.25) is 0 Å². The van der Waals surface area contributed by atoms with E-state index in [0.29, 0.717) is 0 Å².